The van der Waals surface area contributed by atoms with Gasteiger partial charge in [0.15, 0.2) is 0 Å². The third kappa shape index (κ3) is 5.93. The van der Waals surface area contributed by atoms with Gasteiger partial charge in [0.25, 0.3) is 0 Å². The van der Waals surface area contributed by atoms with Gasteiger partial charge in [0, 0.05) is 11.4 Å². The number of alkyl carbamates (subject to hydrolysis) is 1. The average Bonchev–Trinajstić information content (AvgIpc) is 2.25. The second-order valence-corrected chi connectivity index (χ2v) is 5.81. The highest BCUT2D eigenvalue weighted by atomic mass is 35.5. The lowest BCUT2D eigenvalue weighted by Crippen LogP contribution is -2.44. The molecule has 0 saturated carbocycles. The van der Waals surface area contributed by atoms with E-state index < -0.39 is 23.7 Å². The minimum absolute atomic E-state index is 0.134. The number of nitrogens with one attached hydrogen (secondary N) is 1. The summed E-state index contributed by atoms with van der Waals surface area (Å²) in [6.07, 6.45) is -0.623. The van der Waals surface area contributed by atoms with Crippen molar-refractivity contribution in [2.45, 2.75) is 38.8 Å². The Morgan fingerprint density at radius 1 is 1.40 bits per heavy atom. The quantitative estimate of drug-likeness (QED) is 0.896. The van der Waals surface area contributed by atoms with Crippen LogP contribution in [0.1, 0.15) is 26.3 Å². The molecule has 1 aromatic rings. The molecule has 0 radical (unpaired) electrons. The van der Waals surface area contributed by atoms with Crippen molar-refractivity contribution >= 4 is 23.7 Å². The topological polar surface area (TPSA) is 75.6 Å². The maximum Gasteiger partial charge on any atom is 0.408 e. The van der Waals surface area contributed by atoms with Gasteiger partial charge >= 0.3 is 12.1 Å². The first kappa shape index (κ1) is 16.3. The predicted molar refractivity (Wildman–Crippen MR) is 75.9 cm³/mol. The SMILES string of the molecule is CC(C)(C)OC(=O)N[C@H](Cc1cccc(Cl)c1)C(=O)O. The Morgan fingerprint density at radius 2 is 2.05 bits per heavy atom. The molecule has 0 aliphatic heterocycles. The van der Waals surface area contributed by atoms with Crippen molar-refractivity contribution in [1.82, 2.24) is 5.32 Å². The fourth-order valence-electron chi connectivity index (χ4n) is 1.55. The van der Waals surface area contributed by atoms with Crippen LogP contribution in [0.15, 0.2) is 24.3 Å². The summed E-state index contributed by atoms with van der Waals surface area (Å²) in [5, 5.41) is 12.0. The van der Waals surface area contributed by atoms with E-state index in [1.165, 1.54) is 0 Å². The van der Waals surface area contributed by atoms with Crippen molar-refractivity contribution < 1.29 is 19.4 Å². The number of carboxylic acids is 1. The summed E-state index contributed by atoms with van der Waals surface area (Å²) in [7, 11) is 0. The summed E-state index contributed by atoms with van der Waals surface area (Å²) in [6.45, 7) is 5.12. The van der Waals surface area contributed by atoms with Gasteiger partial charge in [-0.05, 0) is 38.5 Å². The number of carbonyl (C=O) groups excluding carboxylic acids is 1. The summed E-state index contributed by atoms with van der Waals surface area (Å²) >= 11 is 5.84. The van der Waals surface area contributed by atoms with Gasteiger partial charge in [0.05, 0.1) is 0 Å². The van der Waals surface area contributed by atoms with Crippen molar-refractivity contribution in [3.8, 4) is 0 Å². The first-order valence-electron chi connectivity index (χ1n) is 6.14. The number of ether oxygens (including phenoxy) is 1. The van der Waals surface area contributed by atoms with Crippen LogP contribution in [0.3, 0.4) is 0 Å². The van der Waals surface area contributed by atoms with E-state index in [0.29, 0.717) is 5.02 Å². The molecule has 0 fully saturated rings. The molecule has 1 aromatic carbocycles. The van der Waals surface area contributed by atoms with Gasteiger partial charge in [-0.1, -0.05) is 23.7 Å². The van der Waals surface area contributed by atoms with Gasteiger partial charge in [-0.3, -0.25) is 0 Å². The Labute approximate surface area is 122 Å². The van der Waals surface area contributed by atoms with E-state index in [2.05, 4.69) is 5.32 Å². The fraction of sp³-hybridized carbons (Fsp3) is 0.429. The third-order valence-electron chi connectivity index (χ3n) is 2.32. The van der Waals surface area contributed by atoms with Gasteiger partial charge in [0.2, 0.25) is 0 Å². The number of hydrogen-bond acceptors (Lipinski definition) is 3. The lowest BCUT2D eigenvalue weighted by molar-refractivity contribution is -0.139. The Hall–Kier alpha value is -1.75. The second kappa shape index (κ2) is 6.61. The average molecular weight is 300 g/mol. The Balaban J connectivity index is 2.71. The molecule has 20 heavy (non-hydrogen) atoms. The monoisotopic (exact) mass is 299 g/mol. The number of amides is 1. The van der Waals surface area contributed by atoms with E-state index in [1.807, 2.05) is 0 Å². The molecule has 1 amide bonds. The highest BCUT2D eigenvalue weighted by Gasteiger charge is 2.24. The summed E-state index contributed by atoms with van der Waals surface area (Å²) in [6, 6.07) is 5.77. The van der Waals surface area contributed by atoms with Gasteiger partial charge in [-0.25, -0.2) is 9.59 Å². The molecule has 1 atom stereocenters. The molecule has 6 heteroatoms. The summed E-state index contributed by atoms with van der Waals surface area (Å²) in [5.41, 5.74) is 0.0457. The van der Waals surface area contributed by atoms with Crippen molar-refractivity contribution in [3.05, 3.63) is 34.9 Å². The van der Waals surface area contributed by atoms with Gasteiger partial charge in [-0.15, -0.1) is 0 Å². The zero-order chi connectivity index (χ0) is 15.3. The van der Waals surface area contributed by atoms with Gasteiger partial charge in [-0.2, -0.15) is 0 Å². The molecule has 0 aliphatic rings. The predicted octanol–water partition coefficient (Wildman–Crippen LogP) is 2.86. The first-order valence-corrected chi connectivity index (χ1v) is 6.52. The van der Waals surface area contributed by atoms with Crippen LogP contribution in [0.25, 0.3) is 0 Å². The normalized spacial score (nSPS) is 12.6. The van der Waals surface area contributed by atoms with E-state index >= 15 is 0 Å². The largest absolute Gasteiger partial charge is 0.480 e. The van der Waals surface area contributed by atoms with Gasteiger partial charge in [0.1, 0.15) is 11.6 Å². The van der Waals surface area contributed by atoms with Crippen LogP contribution in [0.4, 0.5) is 4.79 Å². The van der Waals surface area contributed by atoms with Crippen molar-refractivity contribution in [1.29, 1.82) is 0 Å². The molecule has 0 unspecified atom stereocenters. The lowest BCUT2D eigenvalue weighted by Gasteiger charge is -2.22. The van der Waals surface area contributed by atoms with Crippen LogP contribution in [0.5, 0.6) is 0 Å². The Kier molecular flexibility index (Phi) is 5.39. The highest BCUT2D eigenvalue weighted by Crippen LogP contribution is 2.13. The molecule has 110 valence electrons. The first-order chi connectivity index (χ1) is 9.17. The molecule has 0 heterocycles. The number of carbonyl (C=O) groups is 2. The molecule has 0 saturated heterocycles. The van der Waals surface area contributed by atoms with Crippen molar-refractivity contribution in [2.24, 2.45) is 0 Å². The Bertz CT molecular complexity index is 496. The van der Waals surface area contributed by atoms with Crippen LogP contribution in [0, 0.1) is 0 Å². The molecule has 2 N–H and O–H groups in total. The van der Waals surface area contributed by atoms with Gasteiger partial charge < -0.3 is 15.2 Å². The number of halogens is 1. The highest BCUT2D eigenvalue weighted by molar-refractivity contribution is 6.30. The number of aliphatic carboxylic acids is 1. The van der Waals surface area contributed by atoms with Crippen LogP contribution >= 0.6 is 11.6 Å². The van der Waals surface area contributed by atoms with E-state index in [0.717, 1.165) is 5.56 Å². The molecule has 0 spiro atoms. The molecule has 0 aliphatic carbocycles. The second-order valence-electron chi connectivity index (χ2n) is 5.37. The minimum atomic E-state index is -1.13. The maximum atomic E-state index is 11.6. The smallest absolute Gasteiger partial charge is 0.408 e. The molecule has 0 aromatic heterocycles. The third-order valence-corrected chi connectivity index (χ3v) is 2.55. The number of hydrogen-bond donors (Lipinski definition) is 2. The van der Waals surface area contributed by atoms with Crippen molar-refractivity contribution in [3.63, 3.8) is 0 Å². The molecular weight excluding hydrogens is 282 g/mol. The van der Waals surface area contributed by atoms with E-state index in [-0.39, 0.29) is 6.42 Å². The molecular formula is C14H18ClNO4. The molecule has 0 bridgehead atoms. The van der Waals surface area contributed by atoms with E-state index in [9.17, 15) is 9.59 Å². The van der Waals surface area contributed by atoms with E-state index in [4.69, 9.17) is 21.4 Å². The maximum absolute atomic E-state index is 11.6. The number of rotatable bonds is 4. The summed E-state index contributed by atoms with van der Waals surface area (Å²) in [4.78, 5) is 22.8. The molecule has 5 nitrogen and oxygen atoms in total. The zero-order valence-electron chi connectivity index (χ0n) is 11.6. The Morgan fingerprint density at radius 3 is 2.55 bits per heavy atom. The molecule has 1 rings (SSSR count). The fourth-order valence-corrected chi connectivity index (χ4v) is 1.76. The minimum Gasteiger partial charge on any atom is -0.480 e. The lowest BCUT2D eigenvalue weighted by atomic mass is 10.1. The van der Waals surface area contributed by atoms with Crippen LogP contribution in [-0.2, 0) is 16.0 Å². The number of carboxylic acid groups (broad SMARTS) is 1. The van der Waals surface area contributed by atoms with Crippen LogP contribution < -0.4 is 5.32 Å². The standard InChI is InChI=1S/C14H18ClNO4/c1-14(2,3)20-13(19)16-11(12(17)18)8-9-5-4-6-10(15)7-9/h4-7,11H,8H2,1-3H3,(H,16,19)(H,17,18)/t11-/m1/s1. The van der Waals surface area contributed by atoms with Crippen LogP contribution in [0.2, 0.25) is 5.02 Å². The van der Waals surface area contributed by atoms with E-state index in [1.54, 1.807) is 45.0 Å². The summed E-state index contributed by atoms with van der Waals surface area (Å²) < 4.78 is 5.04. The van der Waals surface area contributed by atoms with Crippen LogP contribution in [-0.4, -0.2) is 28.8 Å². The summed E-state index contributed by atoms with van der Waals surface area (Å²) in [5.74, 6) is -1.13. The van der Waals surface area contributed by atoms with Crippen molar-refractivity contribution in [2.75, 3.05) is 0 Å². The number of benzene rings is 1. The zero-order valence-corrected chi connectivity index (χ0v) is 12.4.